The summed E-state index contributed by atoms with van der Waals surface area (Å²) in [6.45, 7) is 0. The molecule has 0 amide bonds. The molecule has 0 saturated heterocycles. The summed E-state index contributed by atoms with van der Waals surface area (Å²) in [6, 6.07) is 13.9. The van der Waals surface area contributed by atoms with E-state index in [1.54, 1.807) is 24.4 Å². The molecule has 2 nitrogen and oxygen atoms in total. The molecule has 3 aromatic rings. The predicted octanol–water partition coefficient (Wildman–Crippen LogP) is 4.56. The zero-order chi connectivity index (χ0) is 14.8. The van der Waals surface area contributed by atoms with Crippen molar-refractivity contribution in [3.8, 4) is 0 Å². The van der Waals surface area contributed by atoms with Crippen LogP contribution in [0.3, 0.4) is 0 Å². The maximum absolute atomic E-state index is 13.8. The van der Waals surface area contributed by atoms with Crippen LogP contribution in [0.15, 0.2) is 59.2 Å². The van der Waals surface area contributed by atoms with Crippen molar-refractivity contribution in [2.24, 2.45) is 0 Å². The molecule has 1 heterocycles. The van der Waals surface area contributed by atoms with Gasteiger partial charge in [-0.05, 0) is 29.8 Å². The Morgan fingerprint density at radius 2 is 1.95 bits per heavy atom. The quantitative estimate of drug-likeness (QED) is 0.652. The zero-order valence-corrected chi connectivity index (χ0v) is 12.6. The van der Waals surface area contributed by atoms with Gasteiger partial charge in [0.05, 0.1) is 5.52 Å². The van der Waals surface area contributed by atoms with E-state index in [-0.39, 0.29) is 18.0 Å². The Hall–Kier alpha value is -2.07. The molecule has 4 heteroatoms. The van der Waals surface area contributed by atoms with Gasteiger partial charge >= 0.3 is 0 Å². The zero-order valence-electron chi connectivity index (χ0n) is 11.0. The van der Waals surface area contributed by atoms with Crippen molar-refractivity contribution < 1.29 is 9.18 Å². The van der Waals surface area contributed by atoms with Crippen LogP contribution in [0.4, 0.5) is 4.39 Å². The van der Waals surface area contributed by atoms with Crippen LogP contribution in [0.25, 0.3) is 10.9 Å². The number of hydrogen-bond acceptors (Lipinski definition) is 2. The van der Waals surface area contributed by atoms with Gasteiger partial charge in [0, 0.05) is 28.0 Å². The fraction of sp³-hybridized carbons (Fsp3) is 0.0588. The molecule has 104 valence electrons. The first-order valence-corrected chi connectivity index (χ1v) is 7.25. The van der Waals surface area contributed by atoms with E-state index in [1.807, 2.05) is 24.3 Å². The molecule has 0 spiro atoms. The molecule has 1 aromatic heterocycles. The summed E-state index contributed by atoms with van der Waals surface area (Å²) in [5, 5.41) is 0.902. The van der Waals surface area contributed by atoms with Crippen molar-refractivity contribution in [1.29, 1.82) is 0 Å². The van der Waals surface area contributed by atoms with Crippen LogP contribution in [-0.4, -0.2) is 10.8 Å². The van der Waals surface area contributed by atoms with Crippen molar-refractivity contribution in [2.75, 3.05) is 0 Å². The van der Waals surface area contributed by atoms with Crippen molar-refractivity contribution in [1.82, 2.24) is 4.98 Å². The van der Waals surface area contributed by atoms with Crippen LogP contribution >= 0.6 is 15.9 Å². The van der Waals surface area contributed by atoms with Crippen LogP contribution in [0.2, 0.25) is 0 Å². The van der Waals surface area contributed by atoms with Crippen molar-refractivity contribution in [2.45, 2.75) is 6.42 Å². The second-order valence-electron chi connectivity index (χ2n) is 4.72. The first-order chi connectivity index (χ1) is 10.1. The van der Waals surface area contributed by atoms with E-state index in [0.29, 0.717) is 21.1 Å². The van der Waals surface area contributed by atoms with Crippen LogP contribution < -0.4 is 0 Å². The minimum absolute atomic E-state index is 0.0226. The summed E-state index contributed by atoms with van der Waals surface area (Å²) in [7, 11) is 0. The lowest BCUT2D eigenvalue weighted by Gasteiger charge is -2.06. The van der Waals surface area contributed by atoms with E-state index in [1.165, 1.54) is 6.07 Å². The monoisotopic (exact) mass is 343 g/mol. The standard InChI is InChI=1S/C17H11BrFNO/c18-13-7-6-12(15(19)10-13)9-16(21)14-5-1-3-11-4-2-8-20-17(11)14/h1-8,10H,9H2. The van der Waals surface area contributed by atoms with Gasteiger partial charge in [0.25, 0.3) is 0 Å². The Balaban J connectivity index is 1.97. The number of pyridine rings is 1. The first-order valence-electron chi connectivity index (χ1n) is 6.46. The summed E-state index contributed by atoms with van der Waals surface area (Å²) < 4.78 is 14.5. The Morgan fingerprint density at radius 1 is 1.14 bits per heavy atom. The number of para-hydroxylation sites is 1. The highest BCUT2D eigenvalue weighted by atomic mass is 79.9. The molecule has 0 aliphatic carbocycles. The van der Waals surface area contributed by atoms with Gasteiger partial charge in [0.15, 0.2) is 5.78 Å². The summed E-state index contributed by atoms with van der Waals surface area (Å²) in [6.07, 6.45) is 1.67. The van der Waals surface area contributed by atoms with E-state index < -0.39 is 0 Å². The second kappa shape index (κ2) is 5.74. The first kappa shape index (κ1) is 13.9. The van der Waals surface area contributed by atoms with Crippen molar-refractivity contribution in [3.63, 3.8) is 0 Å². The lowest BCUT2D eigenvalue weighted by molar-refractivity contribution is 0.0993. The SMILES string of the molecule is O=C(Cc1ccc(Br)cc1F)c1cccc2cccnc12. The molecule has 0 aliphatic rings. The van der Waals surface area contributed by atoms with Crippen LogP contribution in [0, 0.1) is 5.82 Å². The summed E-state index contributed by atoms with van der Waals surface area (Å²) in [5.74, 6) is -0.522. The van der Waals surface area contributed by atoms with E-state index in [9.17, 15) is 9.18 Å². The average Bonchev–Trinajstić information content (AvgIpc) is 2.49. The lowest BCUT2D eigenvalue weighted by atomic mass is 10.00. The van der Waals surface area contributed by atoms with Crippen molar-refractivity contribution >= 4 is 32.6 Å². The third-order valence-corrected chi connectivity index (χ3v) is 3.79. The number of Topliss-reactive ketones (excluding diaryl/α,β-unsaturated/α-hetero) is 1. The second-order valence-corrected chi connectivity index (χ2v) is 5.63. The highest BCUT2D eigenvalue weighted by molar-refractivity contribution is 9.10. The smallest absolute Gasteiger partial charge is 0.169 e. The Labute approximate surface area is 129 Å². The van der Waals surface area contributed by atoms with E-state index in [2.05, 4.69) is 20.9 Å². The lowest BCUT2D eigenvalue weighted by Crippen LogP contribution is -2.06. The number of nitrogens with zero attached hydrogens (tertiary/aromatic N) is 1. The molecule has 0 N–H and O–H groups in total. The fourth-order valence-electron chi connectivity index (χ4n) is 2.26. The summed E-state index contributed by atoms with van der Waals surface area (Å²) in [5.41, 5.74) is 1.56. The van der Waals surface area contributed by atoms with Gasteiger partial charge in [-0.3, -0.25) is 9.78 Å². The van der Waals surface area contributed by atoms with E-state index >= 15 is 0 Å². The Morgan fingerprint density at radius 3 is 2.76 bits per heavy atom. The Kier molecular flexibility index (Phi) is 3.80. The number of aromatic nitrogens is 1. The van der Waals surface area contributed by atoms with Gasteiger partial charge < -0.3 is 0 Å². The van der Waals surface area contributed by atoms with E-state index in [4.69, 9.17) is 0 Å². The molecule has 0 bridgehead atoms. The maximum atomic E-state index is 13.8. The molecule has 0 radical (unpaired) electrons. The summed E-state index contributed by atoms with van der Waals surface area (Å²) in [4.78, 5) is 16.7. The van der Waals surface area contributed by atoms with Gasteiger partial charge in [-0.1, -0.05) is 40.2 Å². The van der Waals surface area contributed by atoms with Gasteiger partial charge in [0.2, 0.25) is 0 Å². The van der Waals surface area contributed by atoms with Crippen LogP contribution in [0.5, 0.6) is 0 Å². The Bertz CT molecular complexity index is 827. The molecule has 3 rings (SSSR count). The minimum Gasteiger partial charge on any atom is -0.294 e. The number of rotatable bonds is 3. The van der Waals surface area contributed by atoms with Gasteiger partial charge in [0.1, 0.15) is 5.82 Å². The fourth-order valence-corrected chi connectivity index (χ4v) is 2.60. The largest absolute Gasteiger partial charge is 0.294 e. The third-order valence-electron chi connectivity index (χ3n) is 3.30. The number of halogens is 2. The molecule has 0 atom stereocenters. The van der Waals surface area contributed by atoms with E-state index in [0.717, 1.165) is 5.39 Å². The molecule has 21 heavy (non-hydrogen) atoms. The molecule has 0 aliphatic heterocycles. The number of hydrogen-bond donors (Lipinski definition) is 0. The minimum atomic E-state index is -0.383. The molecule has 0 unspecified atom stereocenters. The third kappa shape index (κ3) is 2.85. The van der Waals surface area contributed by atoms with Crippen molar-refractivity contribution in [3.05, 3.63) is 76.1 Å². The maximum Gasteiger partial charge on any atom is 0.169 e. The molecule has 0 saturated carbocycles. The number of fused-ring (bicyclic) bond motifs is 1. The topological polar surface area (TPSA) is 30.0 Å². The predicted molar refractivity (Wildman–Crippen MR) is 83.9 cm³/mol. The molecular formula is C17H11BrFNO. The van der Waals surface area contributed by atoms with Gasteiger partial charge in [-0.15, -0.1) is 0 Å². The summed E-state index contributed by atoms with van der Waals surface area (Å²) >= 11 is 3.21. The molecule has 2 aromatic carbocycles. The molecular weight excluding hydrogens is 333 g/mol. The highest BCUT2D eigenvalue weighted by Crippen LogP contribution is 2.20. The van der Waals surface area contributed by atoms with Gasteiger partial charge in [-0.25, -0.2) is 4.39 Å². The number of carbonyl (C=O) groups is 1. The van der Waals surface area contributed by atoms with Crippen LogP contribution in [0.1, 0.15) is 15.9 Å². The number of ketones is 1. The average molecular weight is 344 g/mol. The highest BCUT2D eigenvalue weighted by Gasteiger charge is 2.14. The number of carbonyl (C=O) groups excluding carboxylic acids is 1. The molecule has 0 fully saturated rings. The normalized spacial score (nSPS) is 10.8. The van der Waals surface area contributed by atoms with Gasteiger partial charge in [-0.2, -0.15) is 0 Å². The number of benzene rings is 2. The van der Waals surface area contributed by atoms with Crippen LogP contribution in [-0.2, 0) is 6.42 Å².